The topological polar surface area (TPSA) is 17.0 Å². The lowest BCUT2D eigenvalue weighted by atomic mass is 10.4. The molecule has 2 nitrogen and oxygen atoms in total. The molecule has 0 N–H and O–H groups in total. The van der Waals surface area contributed by atoms with Crippen molar-refractivity contribution >= 4 is 11.6 Å². The molecule has 3 heteroatoms. The number of hydrogen-bond donors (Lipinski definition) is 0. The van der Waals surface area contributed by atoms with Crippen molar-refractivity contribution in [3.8, 4) is 0 Å². The maximum absolute atomic E-state index is 5.76. The first-order chi connectivity index (χ1) is 6.34. The first-order valence-corrected chi connectivity index (χ1v) is 4.39. The van der Waals surface area contributed by atoms with E-state index in [1.807, 2.05) is 41.2 Å². The Bertz CT molecular complexity index is 366. The van der Waals surface area contributed by atoms with Crippen LogP contribution < -0.4 is 4.57 Å². The lowest BCUT2D eigenvalue weighted by molar-refractivity contribution is -0.690. The second kappa shape index (κ2) is 3.62. The van der Waals surface area contributed by atoms with Crippen LogP contribution in [0.4, 0.5) is 0 Å². The molecule has 0 atom stereocenters. The normalized spacial score (nSPS) is 10.2. The number of aromatic nitrogens is 1. The molecule has 2 aromatic rings. The van der Waals surface area contributed by atoms with Crippen molar-refractivity contribution < 1.29 is 8.98 Å². The quantitative estimate of drug-likeness (QED) is 0.671. The van der Waals surface area contributed by atoms with Crippen molar-refractivity contribution in [2.24, 2.45) is 0 Å². The summed E-state index contributed by atoms with van der Waals surface area (Å²) in [4.78, 5) is 0. The third kappa shape index (κ3) is 2.10. The molecule has 0 saturated heterocycles. The molecule has 0 fully saturated rings. The van der Waals surface area contributed by atoms with E-state index in [9.17, 15) is 0 Å². The van der Waals surface area contributed by atoms with Crippen molar-refractivity contribution in [3.63, 3.8) is 0 Å². The summed E-state index contributed by atoms with van der Waals surface area (Å²) in [6.45, 7) is 0.740. The zero-order chi connectivity index (χ0) is 9.10. The van der Waals surface area contributed by atoms with Gasteiger partial charge in [-0.15, -0.1) is 0 Å². The Morgan fingerprint density at radius 2 is 2.00 bits per heavy atom. The number of halogens is 1. The van der Waals surface area contributed by atoms with Crippen LogP contribution in [-0.2, 0) is 6.54 Å². The molecule has 0 aliphatic carbocycles. The molecule has 0 radical (unpaired) electrons. The summed E-state index contributed by atoms with van der Waals surface area (Å²) < 4.78 is 7.22. The van der Waals surface area contributed by atoms with Crippen molar-refractivity contribution in [3.05, 3.63) is 53.7 Å². The van der Waals surface area contributed by atoms with Gasteiger partial charge in [0.05, 0.1) is 11.3 Å². The lowest BCUT2D eigenvalue weighted by Crippen LogP contribution is -2.32. The van der Waals surface area contributed by atoms with E-state index in [1.54, 1.807) is 6.26 Å². The van der Waals surface area contributed by atoms with Crippen LogP contribution in [0.3, 0.4) is 0 Å². The van der Waals surface area contributed by atoms with Crippen molar-refractivity contribution in [1.82, 2.24) is 0 Å². The fourth-order valence-electron chi connectivity index (χ4n) is 1.13. The summed E-state index contributed by atoms with van der Waals surface area (Å²) in [6, 6.07) is 7.53. The van der Waals surface area contributed by atoms with E-state index in [4.69, 9.17) is 16.0 Å². The van der Waals surface area contributed by atoms with Crippen LogP contribution in [0.15, 0.2) is 47.3 Å². The Morgan fingerprint density at radius 1 is 1.23 bits per heavy atom. The van der Waals surface area contributed by atoms with E-state index in [-0.39, 0.29) is 0 Å². The summed E-state index contributed by atoms with van der Waals surface area (Å²) in [5.74, 6) is 0.937. The van der Waals surface area contributed by atoms with Gasteiger partial charge >= 0.3 is 0 Å². The third-order valence-corrected chi connectivity index (χ3v) is 2.02. The summed E-state index contributed by atoms with van der Waals surface area (Å²) >= 11 is 5.76. The standard InChI is InChI=1S/C10H9ClNO/c11-9-3-5-12(6-4-9)8-10-2-1-7-13-10/h1-7H,8H2/q+1. The van der Waals surface area contributed by atoms with Gasteiger partial charge in [-0.05, 0) is 12.1 Å². The Labute approximate surface area is 81.4 Å². The molecule has 0 bridgehead atoms. The molecule has 2 aromatic heterocycles. The van der Waals surface area contributed by atoms with E-state index in [0.717, 1.165) is 17.3 Å². The highest BCUT2D eigenvalue weighted by molar-refractivity contribution is 6.30. The number of furan rings is 1. The van der Waals surface area contributed by atoms with Crippen LogP contribution >= 0.6 is 11.6 Å². The van der Waals surface area contributed by atoms with Crippen molar-refractivity contribution in [2.75, 3.05) is 0 Å². The lowest BCUT2D eigenvalue weighted by Gasteiger charge is -1.92. The SMILES string of the molecule is Clc1cc[n+](Cc2ccco2)cc1. The first-order valence-electron chi connectivity index (χ1n) is 4.01. The van der Waals surface area contributed by atoms with E-state index >= 15 is 0 Å². The van der Waals surface area contributed by atoms with Gasteiger partial charge in [0.25, 0.3) is 0 Å². The van der Waals surface area contributed by atoms with Crippen LogP contribution in [-0.4, -0.2) is 0 Å². The molecule has 66 valence electrons. The number of nitrogens with zero attached hydrogens (tertiary/aromatic N) is 1. The zero-order valence-corrected chi connectivity index (χ0v) is 7.74. The van der Waals surface area contributed by atoms with Gasteiger partial charge in [-0.25, -0.2) is 0 Å². The minimum Gasteiger partial charge on any atom is -0.463 e. The molecule has 0 aromatic carbocycles. The average Bonchev–Trinajstić information content (AvgIpc) is 2.62. The van der Waals surface area contributed by atoms with Gasteiger partial charge in [0.1, 0.15) is 0 Å². The molecule has 0 aliphatic rings. The van der Waals surface area contributed by atoms with E-state index < -0.39 is 0 Å². The third-order valence-electron chi connectivity index (χ3n) is 1.77. The Kier molecular flexibility index (Phi) is 2.32. The summed E-state index contributed by atoms with van der Waals surface area (Å²) in [5.41, 5.74) is 0. The van der Waals surface area contributed by atoms with Gasteiger partial charge in [-0.1, -0.05) is 11.6 Å². The van der Waals surface area contributed by atoms with E-state index in [0.29, 0.717) is 0 Å². The van der Waals surface area contributed by atoms with Crippen molar-refractivity contribution in [2.45, 2.75) is 6.54 Å². The Morgan fingerprint density at radius 3 is 2.62 bits per heavy atom. The first kappa shape index (κ1) is 8.32. The summed E-state index contributed by atoms with van der Waals surface area (Å²) in [7, 11) is 0. The minimum atomic E-state index is 0.740. The molecule has 0 aliphatic heterocycles. The van der Waals surface area contributed by atoms with Gasteiger partial charge in [0.15, 0.2) is 18.2 Å². The maximum atomic E-state index is 5.76. The molecule has 0 amide bonds. The van der Waals surface area contributed by atoms with Gasteiger partial charge in [-0.2, -0.15) is 4.57 Å². The van der Waals surface area contributed by atoms with E-state index in [2.05, 4.69) is 0 Å². The summed E-state index contributed by atoms with van der Waals surface area (Å²) in [5, 5.41) is 0.746. The van der Waals surface area contributed by atoms with Crippen LogP contribution in [0.1, 0.15) is 5.76 Å². The van der Waals surface area contributed by atoms with Gasteiger partial charge in [0.2, 0.25) is 6.54 Å². The predicted molar refractivity (Wildman–Crippen MR) is 49.5 cm³/mol. The van der Waals surface area contributed by atoms with Gasteiger partial charge < -0.3 is 4.42 Å². The highest BCUT2D eigenvalue weighted by Crippen LogP contribution is 2.03. The molecule has 2 heterocycles. The van der Waals surface area contributed by atoms with Crippen LogP contribution in [0, 0.1) is 0 Å². The van der Waals surface area contributed by atoms with E-state index in [1.165, 1.54) is 0 Å². The molecular weight excluding hydrogens is 186 g/mol. The molecule has 0 unspecified atom stereocenters. The van der Waals surface area contributed by atoms with Gasteiger partial charge in [0, 0.05) is 12.1 Å². The Balaban J connectivity index is 2.15. The van der Waals surface area contributed by atoms with Crippen molar-refractivity contribution in [1.29, 1.82) is 0 Å². The molecular formula is C10H9ClNO+. The monoisotopic (exact) mass is 194 g/mol. The fourth-order valence-corrected chi connectivity index (χ4v) is 1.24. The fraction of sp³-hybridized carbons (Fsp3) is 0.100. The highest BCUT2D eigenvalue weighted by Gasteiger charge is 2.03. The Hall–Kier alpha value is -1.28. The molecule has 0 spiro atoms. The number of rotatable bonds is 2. The largest absolute Gasteiger partial charge is 0.463 e. The molecule has 2 rings (SSSR count). The molecule has 13 heavy (non-hydrogen) atoms. The second-order valence-electron chi connectivity index (χ2n) is 2.77. The number of pyridine rings is 1. The smallest absolute Gasteiger partial charge is 0.205 e. The second-order valence-corrected chi connectivity index (χ2v) is 3.20. The van der Waals surface area contributed by atoms with Crippen LogP contribution in [0.5, 0.6) is 0 Å². The predicted octanol–water partition coefficient (Wildman–Crippen LogP) is 2.27. The molecule has 0 saturated carbocycles. The number of hydrogen-bond acceptors (Lipinski definition) is 1. The zero-order valence-electron chi connectivity index (χ0n) is 6.98. The average molecular weight is 195 g/mol. The highest BCUT2D eigenvalue weighted by atomic mass is 35.5. The van der Waals surface area contributed by atoms with Crippen LogP contribution in [0.25, 0.3) is 0 Å². The minimum absolute atomic E-state index is 0.740. The van der Waals surface area contributed by atoms with Gasteiger partial charge in [-0.3, -0.25) is 0 Å². The summed E-state index contributed by atoms with van der Waals surface area (Å²) in [6.07, 6.45) is 5.52. The van der Waals surface area contributed by atoms with Crippen LogP contribution in [0.2, 0.25) is 5.02 Å². The maximum Gasteiger partial charge on any atom is 0.205 e.